The molecule has 0 saturated heterocycles. The van der Waals surface area contributed by atoms with E-state index in [9.17, 15) is 9.90 Å². The van der Waals surface area contributed by atoms with E-state index in [1.54, 1.807) is 12.3 Å². The summed E-state index contributed by atoms with van der Waals surface area (Å²) in [6.07, 6.45) is 2.66. The Morgan fingerprint density at radius 1 is 1.38 bits per heavy atom. The molecule has 0 bridgehead atoms. The lowest BCUT2D eigenvalue weighted by Gasteiger charge is -2.26. The van der Waals surface area contributed by atoms with Gasteiger partial charge in [0.15, 0.2) is 0 Å². The van der Waals surface area contributed by atoms with Gasteiger partial charge in [-0.25, -0.2) is 4.68 Å². The molecule has 2 aromatic heterocycles. The second-order valence-electron chi connectivity index (χ2n) is 4.81. The van der Waals surface area contributed by atoms with Crippen LogP contribution in [-0.2, 0) is 11.3 Å². The fraction of sp³-hybridized carbons (Fsp3) is 0.462. The van der Waals surface area contributed by atoms with Crippen LogP contribution in [-0.4, -0.2) is 36.3 Å². The summed E-state index contributed by atoms with van der Waals surface area (Å²) in [7, 11) is 0. The van der Waals surface area contributed by atoms with Gasteiger partial charge in [0.1, 0.15) is 5.69 Å². The Kier molecular flexibility index (Phi) is 4.66. The Morgan fingerprint density at radius 3 is 2.62 bits per heavy atom. The number of pyridine rings is 1. The Labute approximate surface area is 130 Å². The maximum atomic E-state index is 11.6. The molecule has 0 aromatic carbocycles. The number of aromatic nitrogens is 5. The first-order valence-electron chi connectivity index (χ1n) is 6.64. The Hall–Kier alpha value is -1.83. The van der Waals surface area contributed by atoms with Crippen LogP contribution >= 0.6 is 15.9 Å². The van der Waals surface area contributed by atoms with Crippen LogP contribution in [0.15, 0.2) is 22.8 Å². The maximum Gasteiger partial charge on any atom is 0.311 e. The Bertz CT molecular complexity index is 622. The van der Waals surface area contributed by atoms with E-state index < -0.39 is 11.4 Å². The molecule has 2 aromatic rings. The van der Waals surface area contributed by atoms with Gasteiger partial charge in [0, 0.05) is 10.7 Å². The average Bonchev–Trinajstić information content (AvgIpc) is 2.93. The van der Waals surface area contributed by atoms with Gasteiger partial charge in [-0.15, -0.1) is 5.10 Å². The van der Waals surface area contributed by atoms with Crippen molar-refractivity contribution in [3.8, 4) is 11.5 Å². The third kappa shape index (κ3) is 3.10. The molecule has 0 radical (unpaired) electrons. The van der Waals surface area contributed by atoms with Crippen molar-refractivity contribution in [3.05, 3.63) is 22.8 Å². The average molecular weight is 354 g/mol. The van der Waals surface area contributed by atoms with E-state index in [1.165, 1.54) is 4.68 Å². The van der Waals surface area contributed by atoms with E-state index >= 15 is 0 Å². The van der Waals surface area contributed by atoms with E-state index in [4.69, 9.17) is 0 Å². The molecule has 8 heteroatoms. The highest BCUT2D eigenvalue weighted by molar-refractivity contribution is 9.10. The van der Waals surface area contributed by atoms with Crippen molar-refractivity contribution in [2.75, 3.05) is 0 Å². The van der Waals surface area contributed by atoms with Crippen LogP contribution in [0.25, 0.3) is 11.5 Å². The van der Waals surface area contributed by atoms with Gasteiger partial charge in [-0.2, -0.15) is 0 Å². The zero-order chi connectivity index (χ0) is 15.5. The first-order chi connectivity index (χ1) is 10.0. The van der Waals surface area contributed by atoms with Gasteiger partial charge >= 0.3 is 5.97 Å². The highest BCUT2D eigenvalue weighted by Crippen LogP contribution is 2.30. The van der Waals surface area contributed by atoms with E-state index in [0.717, 1.165) is 4.47 Å². The van der Waals surface area contributed by atoms with Crippen LogP contribution in [0.4, 0.5) is 0 Å². The van der Waals surface area contributed by atoms with Crippen molar-refractivity contribution in [2.24, 2.45) is 5.41 Å². The smallest absolute Gasteiger partial charge is 0.311 e. The number of carbonyl (C=O) groups is 1. The molecule has 2 rings (SSSR count). The summed E-state index contributed by atoms with van der Waals surface area (Å²) in [6, 6.07) is 3.62. The fourth-order valence-electron chi connectivity index (χ4n) is 2.13. The zero-order valence-corrected chi connectivity index (χ0v) is 13.4. The number of aliphatic carboxylic acids is 1. The normalized spacial score (nSPS) is 11.6. The number of carboxylic acids is 1. The van der Waals surface area contributed by atoms with Crippen LogP contribution < -0.4 is 0 Å². The predicted octanol–water partition coefficient (Wildman–Crippen LogP) is 2.39. The summed E-state index contributed by atoms with van der Waals surface area (Å²) in [5.41, 5.74) is -0.269. The van der Waals surface area contributed by atoms with Crippen molar-refractivity contribution in [1.82, 2.24) is 25.2 Å². The summed E-state index contributed by atoms with van der Waals surface area (Å²) < 4.78 is 2.37. The monoisotopic (exact) mass is 353 g/mol. The lowest BCUT2D eigenvalue weighted by Crippen LogP contribution is -2.35. The molecule has 112 valence electrons. The fourth-order valence-corrected chi connectivity index (χ4v) is 2.37. The van der Waals surface area contributed by atoms with Gasteiger partial charge in [-0.1, -0.05) is 13.8 Å². The molecular formula is C13H16BrN5O2. The van der Waals surface area contributed by atoms with Crippen LogP contribution in [0.3, 0.4) is 0 Å². The second kappa shape index (κ2) is 6.30. The molecule has 21 heavy (non-hydrogen) atoms. The lowest BCUT2D eigenvalue weighted by atomic mass is 9.82. The highest BCUT2D eigenvalue weighted by atomic mass is 79.9. The molecule has 0 aliphatic heterocycles. The molecule has 0 saturated carbocycles. The van der Waals surface area contributed by atoms with Gasteiger partial charge < -0.3 is 5.11 Å². The molecule has 0 fully saturated rings. The molecule has 0 atom stereocenters. The lowest BCUT2D eigenvalue weighted by molar-refractivity contribution is -0.150. The first kappa shape index (κ1) is 15.6. The minimum Gasteiger partial charge on any atom is -0.481 e. The number of hydrogen-bond donors (Lipinski definition) is 1. The van der Waals surface area contributed by atoms with E-state index in [2.05, 4.69) is 36.4 Å². The number of rotatable bonds is 6. The molecule has 0 aliphatic carbocycles. The molecule has 7 nitrogen and oxygen atoms in total. The summed E-state index contributed by atoms with van der Waals surface area (Å²) in [5.74, 6) is -0.368. The summed E-state index contributed by atoms with van der Waals surface area (Å²) >= 11 is 3.32. The molecule has 0 unspecified atom stereocenters. The zero-order valence-electron chi connectivity index (χ0n) is 11.8. The third-order valence-corrected chi connectivity index (χ3v) is 4.22. The molecule has 0 amide bonds. The van der Waals surface area contributed by atoms with Crippen LogP contribution in [0.2, 0.25) is 0 Å². The van der Waals surface area contributed by atoms with Crippen molar-refractivity contribution in [1.29, 1.82) is 0 Å². The Balaban J connectivity index is 2.36. The quantitative estimate of drug-likeness (QED) is 0.856. The number of nitrogens with zero attached hydrogens (tertiary/aromatic N) is 5. The van der Waals surface area contributed by atoms with Crippen LogP contribution in [0.1, 0.15) is 26.7 Å². The second-order valence-corrected chi connectivity index (χ2v) is 5.73. The SMILES string of the molecule is CCC(CC)(Cn1nnnc1-c1ccc(Br)cn1)C(=O)O. The third-order valence-electron chi connectivity index (χ3n) is 3.75. The summed E-state index contributed by atoms with van der Waals surface area (Å²) in [5, 5.41) is 21.0. The van der Waals surface area contributed by atoms with Crippen molar-refractivity contribution in [3.63, 3.8) is 0 Å². The van der Waals surface area contributed by atoms with Gasteiger partial charge in [-0.05, 0) is 51.3 Å². The number of carboxylic acid groups (broad SMARTS) is 1. The minimum atomic E-state index is -0.876. The number of halogens is 1. The summed E-state index contributed by atoms with van der Waals surface area (Å²) in [4.78, 5) is 15.8. The maximum absolute atomic E-state index is 11.6. The van der Waals surface area contributed by atoms with Crippen molar-refractivity contribution >= 4 is 21.9 Å². The standard InChI is InChI=1S/C13H16BrN5O2/c1-3-13(4-2,12(20)21)8-19-11(16-17-18-19)10-6-5-9(14)7-15-10/h5-7H,3-4,8H2,1-2H3,(H,20,21). The molecule has 0 aliphatic rings. The molecule has 2 heterocycles. The molecule has 1 N–H and O–H groups in total. The number of tetrazole rings is 1. The molecular weight excluding hydrogens is 338 g/mol. The largest absolute Gasteiger partial charge is 0.481 e. The summed E-state index contributed by atoms with van der Waals surface area (Å²) in [6.45, 7) is 3.94. The van der Waals surface area contributed by atoms with Gasteiger partial charge in [0.2, 0.25) is 5.82 Å². The minimum absolute atomic E-state index is 0.218. The van der Waals surface area contributed by atoms with Crippen molar-refractivity contribution in [2.45, 2.75) is 33.2 Å². The van der Waals surface area contributed by atoms with Gasteiger partial charge in [0.05, 0.1) is 12.0 Å². The molecule has 0 spiro atoms. The van der Waals surface area contributed by atoms with E-state index in [1.807, 2.05) is 19.9 Å². The Morgan fingerprint density at radius 2 is 2.10 bits per heavy atom. The van der Waals surface area contributed by atoms with Gasteiger partial charge in [-0.3, -0.25) is 9.78 Å². The number of hydrogen-bond acceptors (Lipinski definition) is 5. The van der Waals surface area contributed by atoms with E-state index in [-0.39, 0.29) is 6.54 Å². The highest BCUT2D eigenvalue weighted by Gasteiger charge is 2.36. The van der Waals surface area contributed by atoms with Crippen molar-refractivity contribution < 1.29 is 9.90 Å². The van der Waals surface area contributed by atoms with Crippen LogP contribution in [0.5, 0.6) is 0 Å². The van der Waals surface area contributed by atoms with Crippen LogP contribution in [0, 0.1) is 5.41 Å². The van der Waals surface area contributed by atoms with E-state index in [0.29, 0.717) is 24.4 Å². The topological polar surface area (TPSA) is 93.8 Å². The van der Waals surface area contributed by atoms with Gasteiger partial charge in [0.25, 0.3) is 0 Å². The first-order valence-corrected chi connectivity index (χ1v) is 7.43. The predicted molar refractivity (Wildman–Crippen MR) is 79.4 cm³/mol.